The quantitative estimate of drug-likeness (QED) is 0.705. The van der Waals surface area contributed by atoms with Crippen LogP contribution in [0.3, 0.4) is 0 Å². The summed E-state index contributed by atoms with van der Waals surface area (Å²) in [5.41, 5.74) is 0. The van der Waals surface area contributed by atoms with E-state index in [1.165, 1.54) is 11.5 Å². The van der Waals surface area contributed by atoms with Crippen LogP contribution in [0, 0.1) is 5.92 Å². The average molecular weight is 239 g/mol. The second-order valence-electron chi connectivity index (χ2n) is 4.09. The van der Waals surface area contributed by atoms with Gasteiger partial charge in [-0.2, -0.15) is 11.8 Å². The van der Waals surface area contributed by atoms with Gasteiger partial charge >= 0.3 is 0 Å². The Morgan fingerprint density at radius 1 is 1.50 bits per heavy atom. The molecule has 0 aliphatic carbocycles. The average Bonchev–Trinajstić information content (AvgIpc) is 2.74. The summed E-state index contributed by atoms with van der Waals surface area (Å²) in [4.78, 5) is 0. The summed E-state index contributed by atoms with van der Waals surface area (Å²) in [7, 11) is 0. The van der Waals surface area contributed by atoms with E-state index in [0.29, 0.717) is 0 Å². The topological polar surface area (TPSA) is 25.2 Å². The van der Waals surface area contributed by atoms with Crippen molar-refractivity contribution >= 4 is 17.8 Å². The van der Waals surface area contributed by atoms with E-state index in [-0.39, 0.29) is 0 Å². The van der Waals surface area contributed by atoms with Gasteiger partial charge in [-0.1, -0.05) is 19.9 Å². The molecule has 0 amide bonds. The number of hydrogen-bond acceptors (Lipinski definition) is 3. The van der Waals surface area contributed by atoms with Gasteiger partial charge in [0.25, 0.3) is 0 Å². The molecular formula is C13H21NOS. The predicted molar refractivity (Wildman–Crippen MR) is 72.8 cm³/mol. The molecule has 0 fully saturated rings. The molecule has 1 rings (SSSR count). The van der Waals surface area contributed by atoms with Gasteiger partial charge in [0.15, 0.2) is 0 Å². The third-order valence-electron chi connectivity index (χ3n) is 1.96. The summed E-state index contributed by atoms with van der Waals surface area (Å²) in [5, 5.41) is 3.37. The molecule has 0 saturated heterocycles. The zero-order valence-electron chi connectivity index (χ0n) is 10.1. The Labute approximate surface area is 102 Å². The first-order valence-corrected chi connectivity index (χ1v) is 6.93. The molecule has 0 bridgehead atoms. The van der Waals surface area contributed by atoms with Crippen molar-refractivity contribution in [1.82, 2.24) is 5.32 Å². The lowest BCUT2D eigenvalue weighted by atomic mass is 10.3. The number of rotatable bonds is 8. The van der Waals surface area contributed by atoms with Gasteiger partial charge in [0.1, 0.15) is 5.76 Å². The molecule has 0 radical (unpaired) electrons. The van der Waals surface area contributed by atoms with Gasteiger partial charge in [-0.3, -0.25) is 0 Å². The molecule has 1 heterocycles. The van der Waals surface area contributed by atoms with Crippen LogP contribution in [0.1, 0.15) is 19.6 Å². The van der Waals surface area contributed by atoms with Gasteiger partial charge in [-0.25, -0.2) is 0 Å². The molecule has 2 nitrogen and oxygen atoms in total. The highest BCUT2D eigenvalue weighted by molar-refractivity contribution is 7.99. The molecule has 0 unspecified atom stereocenters. The maximum Gasteiger partial charge on any atom is 0.126 e. The van der Waals surface area contributed by atoms with Crippen molar-refractivity contribution < 1.29 is 4.42 Å². The second-order valence-corrected chi connectivity index (χ2v) is 5.24. The predicted octanol–water partition coefficient (Wildman–Crippen LogP) is 3.27. The lowest BCUT2D eigenvalue weighted by molar-refractivity contribution is 0.557. The van der Waals surface area contributed by atoms with Crippen LogP contribution in [0.2, 0.25) is 0 Å². The number of hydrogen-bond donors (Lipinski definition) is 1. The molecular weight excluding hydrogens is 218 g/mol. The Hall–Kier alpha value is -0.670. The first-order chi connectivity index (χ1) is 7.79. The number of furan rings is 1. The Balaban J connectivity index is 1.92. The molecule has 0 spiro atoms. The first kappa shape index (κ1) is 13.4. The van der Waals surface area contributed by atoms with Gasteiger partial charge in [0.05, 0.1) is 6.26 Å². The lowest BCUT2D eigenvalue weighted by Gasteiger charge is -2.04. The monoisotopic (exact) mass is 239 g/mol. The van der Waals surface area contributed by atoms with E-state index in [1.807, 2.05) is 30.0 Å². The molecule has 1 aromatic heterocycles. The smallest absolute Gasteiger partial charge is 0.126 e. The Morgan fingerprint density at radius 2 is 2.38 bits per heavy atom. The lowest BCUT2D eigenvalue weighted by Crippen LogP contribution is -2.17. The third-order valence-corrected chi connectivity index (χ3v) is 3.36. The fourth-order valence-corrected chi connectivity index (χ4v) is 2.14. The van der Waals surface area contributed by atoms with Crippen LogP contribution in [-0.2, 0) is 0 Å². The minimum atomic E-state index is 0.795. The van der Waals surface area contributed by atoms with E-state index >= 15 is 0 Å². The van der Waals surface area contributed by atoms with E-state index in [4.69, 9.17) is 4.42 Å². The van der Waals surface area contributed by atoms with Crippen LogP contribution in [0.4, 0.5) is 0 Å². The van der Waals surface area contributed by atoms with Crippen LogP contribution in [0.15, 0.2) is 28.9 Å². The largest absolute Gasteiger partial charge is 0.465 e. The SMILES string of the molecule is CC(C)CSCCNC/C=C/c1ccco1. The van der Waals surface area contributed by atoms with Crippen LogP contribution < -0.4 is 5.32 Å². The summed E-state index contributed by atoms with van der Waals surface area (Å²) in [6.07, 6.45) is 5.77. The van der Waals surface area contributed by atoms with Gasteiger partial charge in [-0.05, 0) is 29.9 Å². The van der Waals surface area contributed by atoms with Crippen molar-refractivity contribution in [2.75, 3.05) is 24.6 Å². The molecule has 90 valence electrons. The normalized spacial score (nSPS) is 11.7. The van der Waals surface area contributed by atoms with Crippen LogP contribution in [0.5, 0.6) is 0 Å². The van der Waals surface area contributed by atoms with Gasteiger partial charge in [0.2, 0.25) is 0 Å². The van der Waals surface area contributed by atoms with Gasteiger partial charge < -0.3 is 9.73 Å². The van der Waals surface area contributed by atoms with E-state index in [2.05, 4.69) is 25.2 Å². The maximum absolute atomic E-state index is 5.19. The highest BCUT2D eigenvalue weighted by Gasteiger charge is 1.93. The van der Waals surface area contributed by atoms with Crippen molar-refractivity contribution in [3.05, 3.63) is 30.2 Å². The minimum Gasteiger partial charge on any atom is -0.465 e. The van der Waals surface area contributed by atoms with Crippen molar-refractivity contribution in [3.63, 3.8) is 0 Å². The summed E-state index contributed by atoms with van der Waals surface area (Å²) in [6, 6.07) is 3.85. The van der Waals surface area contributed by atoms with E-state index < -0.39 is 0 Å². The highest BCUT2D eigenvalue weighted by atomic mass is 32.2. The summed E-state index contributed by atoms with van der Waals surface area (Å²) < 4.78 is 5.19. The standard InChI is InChI=1S/C13H21NOS/c1-12(2)11-16-10-8-14-7-3-5-13-6-4-9-15-13/h3-6,9,12,14H,7-8,10-11H2,1-2H3/b5-3+. The van der Waals surface area contributed by atoms with Crippen molar-refractivity contribution in [1.29, 1.82) is 0 Å². The van der Waals surface area contributed by atoms with E-state index in [0.717, 1.165) is 24.8 Å². The maximum atomic E-state index is 5.19. The minimum absolute atomic E-state index is 0.795. The molecule has 16 heavy (non-hydrogen) atoms. The summed E-state index contributed by atoms with van der Waals surface area (Å²) in [5.74, 6) is 4.15. The molecule has 1 aromatic rings. The van der Waals surface area contributed by atoms with Crippen molar-refractivity contribution in [2.24, 2.45) is 5.92 Å². The second kappa shape index (κ2) is 8.48. The molecule has 0 aromatic carbocycles. The van der Waals surface area contributed by atoms with Crippen LogP contribution in [-0.4, -0.2) is 24.6 Å². The molecule has 0 atom stereocenters. The van der Waals surface area contributed by atoms with Crippen molar-refractivity contribution in [2.45, 2.75) is 13.8 Å². The Kier molecular flexibility index (Phi) is 7.10. The molecule has 1 N–H and O–H groups in total. The van der Waals surface area contributed by atoms with Crippen LogP contribution in [0.25, 0.3) is 6.08 Å². The van der Waals surface area contributed by atoms with Gasteiger partial charge in [0, 0.05) is 18.8 Å². The van der Waals surface area contributed by atoms with E-state index in [1.54, 1.807) is 6.26 Å². The number of thioether (sulfide) groups is 1. The van der Waals surface area contributed by atoms with E-state index in [9.17, 15) is 0 Å². The summed E-state index contributed by atoms with van der Waals surface area (Å²) in [6.45, 7) is 6.49. The summed E-state index contributed by atoms with van der Waals surface area (Å²) >= 11 is 2.01. The van der Waals surface area contributed by atoms with Crippen molar-refractivity contribution in [3.8, 4) is 0 Å². The number of nitrogens with one attached hydrogen (secondary N) is 1. The zero-order chi connectivity index (χ0) is 11.6. The van der Waals surface area contributed by atoms with Crippen LogP contribution >= 0.6 is 11.8 Å². The Bertz CT molecular complexity index is 280. The fraction of sp³-hybridized carbons (Fsp3) is 0.538. The van der Waals surface area contributed by atoms with Gasteiger partial charge in [-0.15, -0.1) is 0 Å². The highest BCUT2D eigenvalue weighted by Crippen LogP contribution is 2.05. The zero-order valence-corrected chi connectivity index (χ0v) is 10.9. The molecule has 0 saturated carbocycles. The molecule has 3 heteroatoms. The molecule has 0 aliphatic rings. The fourth-order valence-electron chi connectivity index (χ4n) is 1.21. The first-order valence-electron chi connectivity index (χ1n) is 5.77. The Morgan fingerprint density at radius 3 is 3.06 bits per heavy atom. The third kappa shape index (κ3) is 6.75. The molecule has 0 aliphatic heterocycles.